The molecule has 9 heteroatoms. The number of carbonyl (C=O) groups is 1. The summed E-state index contributed by atoms with van der Waals surface area (Å²) in [5, 5.41) is 6.47. The minimum atomic E-state index is -4.67. The van der Waals surface area contributed by atoms with Gasteiger partial charge in [-0.2, -0.15) is 18.3 Å². The summed E-state index contributed by atoms with van der Waals surface area (Å²) in [6.45, 7) is 4.65. The third-order valence-electron chi connectivity index (χ3n) is 2.90. The summed E-state index contributed by atoms with van der Waals surface area (Å²) < 4.78 is 39.0. The fourth-order valence-electron chi connectivity index (χ4n) is 1.92. The smallest absolute Gasteiger partial charge is 0.319 e. The van der Waals surface area contributed by atoms with Crippen LogP contribution in [-0.2, 0) is 12.7 Å². The third-order valence-corrected chi connectivity index (χ3v) is 2.90. The van der Waals surface area contributed by atoms with E-state index in [1.807, 2.05) is 13.8 Å². The van der Waals surface area contributed by atoms with Gasteiger partial charge in [0.15, 0.2) is 0 Å². The third kappa shape index (κ3) is 4.21. The van der Waals surface area contributed by atoms with Gasteiger partial charge in [0.1, 0.15) is 11.3 Å². The van der Waals surface area contributed by atoms with E-state index in [1.54, 1.807) is 15.9 Å². The maximum absolute atomic E-state index is 12.5. The second-order valence-electron chi connectivity index (χ2n) is 5.41. The number of aromatic nitrogens is 3. The van der Waals surface area contributed by atoms with Crippen molar-refractivity contribution < 1.29 is 18.0 Å². The van der Waals surface area contributed by atoms with Gasteiger partial charge in [0.05, 0.1) is 11.9 Å². The number of rotatable bonds is 4. The molecule has 2 aromatic heterocycles. The van der Waals surface area contributed by atoms with E-state index in [0.29, 0.717) is 24.2 Å². The largest absolute Gasteiger partial charge is 0.431 e. The van der Waals surface area contributed by atoms with Crippen molar-refractivity contribution in [3.8, 4) is 0 Å². The molecule has 6 nitrogen and oxygen atoms in total. The molecule has 2 N–H and O–H groups in total. The minimum absolute atomic E-state index is 0.356. The monoisotopic (exact) mass is 328 g/mol. The van der Waals surface area contributed by atoms with Crippen LogP contribution in [0.5, 0.6) is 0 Å². The highest BCUT2D eigenvalue weighted by Crippen LogP contribution is 2.26. The van der Waals surface area contributed by atoms with Crippen molar-refractivity contribution in [2.45, 2.75) is 26.6 Å². The summed E-state index contributed by atoms with van der Waals surface area (Å²) in [5.74, 6) is -0.444. The van der Waals surface area contributed by atoms with Crippen LogP contribution in [0.2, 0.25) is 0 Å². The van der Waals surface area contributed by atoms with Crippen LogP contribution in [0.4, 0.5) is 18.9 Å². The molecule has 2 aromatic rings. The average Bonchev–Trinajstić information content (AvgIpc) is 2.83. The van der Waals surface area contributed by atoms with E-state index in [4.69, 9.17) is 0 Å². The van der Waals surface area contributed by atoms with Gasteiger partial charge in [-0.15, -0.1) is 0 Å². The predicted molar refractivity (Wildman–Crippen MR) is 77.1 cm³/mol. The number of nitrogens with zero attached hydrogens (tertiary/aromatic N) is 2. The maximum atomic E-state index is 12.5. The Bertz CT molecular complexity index is 762. The van der Waals surface area contributed by atoms with E-state index < -0.39 is 28.9 Å². The summed E-state index contributed by atoms with van der Waals surface area (Å²) >= 11 is 0. The predicted octanol–water partition coefficient (Wildman–Crippen LogP) is 2.50. The Morgan fingerprint density at radius 3 is 2.65 bits per heavy atom. The molecule has 0 aliphatic carbocycles. The highest BCUT2D eigenvalue weighted by Gasteiger charge is 2.32. The lowest BCUT2D eigenvalue weighted by molar-refractivity contribution is -0.141. The number of pyridine rings is 1. The maximum Gasteiger partial charge on any atom is 0.431 e. The summed E-state index contributed by atoms with van der Waals surface area (Å²) in [6.07, 6.45) is -1.69. The number of anilines is 1. The lowest BCUT2D eigenvalue weighted by Crippen LogP contribution is -2.25. The number of amides is 1. The lowest BCUT2D eigenvalue weighted by atomic mass is 10.2. The Hall–Kier alpha value is -2.58. The van der Waals surface area contributed by atoms with Crippen molar-refractivity contribution in [1.29, 1.82) is 0 Å². The summed E-state index contributed by atoms with van der Waals surface area (Å²) in [6, 6.07) is 1.49. The molecular formula is C14H15F3N4O2. The van der Waals surface area contributed by atoms with Gasteiger partial charge in [0.2, 0.25) is 0 Å². The molecule has 0 saturated carbocycles. The molecule has 0 atom stereocenters. The van der Waals surface area contributed by atoms with Gasteiger partial charge in [-0.3, -0.25) is 14.3 Å². The van der Waals surface area contributed by atoms with Crippen molar-refractivity contribution in [3.63, 3.8) is 0 Å². The Balaban J connectivity index is 2.15. The molecule has 0 spiro atoms. The van der Waals surface area contributed by atoms with Crippen LogP contribution in [0.15, 0.2) is 29.3 Å². The summed E-state index contributed by atoms with van der Waals surface area (Å²) in [7, 11) is 0. The van der Waals surface area contributed by atoms with Crippen LogP contribution in [0.25, 0.3) is 0 Å². The van der Waals surface area contributed by atoms with Gasteiger partial charge in [0, 0.05) is 12.7 Å². The molecule has 0 saturated heterocycles. The molecule has 0 aromatic carbocycles. The van der Waals surface area contributed by atoms with Gasteiger partial charge in [-0.1, -0.05) is 13.8 Å². The zero-order valence-electron chi connectivity index (χ0n) is 12.4. The first-order valence-electron chi connectivity index (χ1n) is 6.81. The second kappa shape index (κ2) is 6.27. The normalized spacial score (nSPS) is 11.7. The Labute approximate surface area is 129 Å². The van der Waals surface area contributed by atoms with Crippen molar-refractivity contribution in [2.75, 3.05) is 5.32 Å². The average molecular weight is 328 g/mol. The van der Waals surface area contributed by atoms with Gasteiger partial charge < -0.3 is 10.3 Å². The van der Waals surface area contributed by atoms with Crippen LogP contribution in [0.3, 0.4) is 0 Å². The number of nitrogens with one attached hydrogen (secondary N) is 2. The molecular weight excluding hydrogens is 313 g/mol. The first kappa shape index (κ1) is 16.8. The molecule has 23 heavy (non-hydrogen) atoms. The van der Waals surface area contributed by atoms with Gasteiger partial charge >= 0.3 is 6.18 Å². The molecule has 124 valence electrons. The molecule has 0 fully saturated rings. The zero-order chi connectivity index (χ0) is 17.2. The van der Waals surface area contributed by atoms with E-state index in [9.17, 15) is 22.8 Å². The van der Waals surface area contributed by atoms with Crippen LogP contribution in [0, 0.1) is 5.92 Å². The first-order chi connectivity index (χ1) is 10.7. The number of H-pyrrole nitrogens is 1. The fourth-order valence-corrected chi connectivity index (χ4v) is 1.92. The van der Waals surface area contributed by atoms with Crippen molar-refractivity contribution >= 4 is 11.6 Å². The Morgan fingerprint density at radius 2 is 2.09 bits per heavy atom. The highest BCUT2D eigenvalue weighted by atomic mass is 19.4. The minimum Gasteiger partial charge on any atom is -0.319 e. The van der Waals surface area contributed by atoms with Crippen LogP contribution in [-0.4, -0.2) is 20.7 Å². The fraction of sp³-hybridized carbons (Fsp3) is 0.357. The summed E-state index contributed by atoms with van der Waals surface area (Å²) in [4.78, 5) is 25.3. The first-order valence-corrected chi connectivity index (χ1v) is 6.81. The summed E-state index contributed by atoms with van der Waals surface area (Å²) in [5.41, 5.74) is -2.36. The molecule has 0 aliphatic heterocycles. The van der Waals surface area contributed by atoms with Crippen molar-refractivity contribution in [2.24, 2.45) is 5.92 Å². The zero-order valence-corrected chi connectivity index (χ0v) is 12.4. The van der Waals surface area contributed by atoms with Crippen LogP contribution < -0.4 is 10.9 Å². The van der Waals surface area contributed by atoms with E-state index in [2.05, 4.69) is 10.4 Å². The van der Waals surface area contributed by atoms with Crippen LogP contribution >= 0.6 is 0 Å². The molecule has 0 aliphatic rings. The standard InChI is InChI=1S/C14H15F3N4O2/c1-8(2)6-21-7-9(5-18-21)19-12(22)10-3-4-11(14(15,16)17)20-13(10)23/h3-5,7-8H,6H2,1-2H3,(H,19,22)(H,20,23). The van der Waals surface area contributed by atoms with Gasteiger partial charge in [0.25, 0.3) is 11.5 Å². The van der Waals surface area contributed by atoms with Gasteiger partial charge in [-0.25, -0.2) is 0 Å². The molecule has 2 heterocycles. The molecule has 1 amide bonds. The van der Waals surface area contributed by atoms with E-state index in [0.717, 1.165) is 6.07 Å². The number of carbonyl (C=O) groups excluding carboxylic acids is 1. The number of hydrogen-bond donors (Lipinski definition) is 2. The van der Waals surface area contributed by atoms with Gasteiger partial charge in [-0.05, 0) is 18.1 Å². The molecule has 0 radical (unpaired) electrons. The Morgan fingerprint density at radius 1 is 1.39 bits per heavy atom. The van der Waals surface area contributed by atoms with E-state index in [1.165, 1.54) is 6.20 Å². The SMILES string of the molecule is CC(C)Cn1cc(NC(=O)c2ccc(C(F)(F)F)[nH]c2=O)cn1. The number of halogens is 3. The van der Waals surface area contributed by atoms with E-state index in [-0.39, 0.29) is 0 Å². The van der Waals surface area contributed by atoms with E-state index >= 15 is 0 Å². The molecule has 0 bridgehead atoms. The Kier molecular flexibility index (Phi) is 4.57. The van der Waals surface area contributed by atoms with Crippen molar-refractivity contribution in [1.82, 2.24) is 14.8 Å². The number of alkyl halides is 3. The lowest BCUT2D eigenvalue weighted by Gasteiger charge is -2.07. The highest BCUT2D eigenvalue weighted by molar-refractivity contribution is 6.03. The van der Waals surface area contributed by atoms with Crippen LogP contribution in [0.1, 0.15) is 29.9 Å². The second-order valence-corrected chi connectivity index (χ2v) is 5.41. The number of hydrogen-bond acceptors (Lipinski definition) is 3. The van der Waals surface area contributed by atoms with Crippen molar-refractivity contribution in [3.05, 3.63) is 46.1 Å². The molecule has 0 unspecified atom stereocenters. The number of aromatic amines is 1. The topological polar surface area (TPSA) is 79.8 Å². The molecule has 2 rings (SSSR count). The quantitative estimate of drug-likeness (QED) is 0.905.